The second kappa shape index (κ2) is 3.65. The van der Waals surface area contributed by atoms with E-state index in [2.05, 4.69) is 11.4 Å². The molecular formula is C14H15ClN2O. The Labute approximate surface area is 110 Å². The predicted octanol–water partition coefficient (Wildman–Crippen LogP) is 2.98. The van der Waals surface area contributed by atoms with E-state index in [1.165, 1.54) is 18.4 Å². The lowest BCUT2D eigenvalue weighted by molar-refractivity contribution is 0.396. The molecule has 2 heterocycles. The minimum atomic E-state index is 0.328. The Morgan fingerprint density at radius 1 is 1.33 bits per heavy atom. The summed E-state index contributed by atoms with van der Waals surface area (Å²) in [7, 11) is 0. The van der Waals surface area contributed by atoms with Crippen molar-refractivity contribution in [1.29, 1.82) is 0 Å². The Bertz CT molecular complexity index is 643. The molecule has 1 aromatic carbocycles. The fourth-order valence-electron chi connectivity index (χ4n) is 2.97. The molecule has 0 atom stereocenters. The molecule has 0 saturated heterocycles. The maximum absolute atomic E-state index is 10.3. The summed E-state index contributed by atoms with van der Waals surface area (Å²) < 4.78 is 1.99. The van der Waals surface area contributed by atoms with Crippen LogP contribution in [0, 0.1) is 0 Å². The van der Waals surface area contributed by atoms with Gasteiger partial charge in [0, 0.05) is 30.7 Å². The Morgan fingerprint density at radius 2 is 2.17 bits per heavy atom. The third kappa shape index (κ3) is 1.41. The van der Waals surface area contributed by atoms with E-state index >= 15 is 0 Å². The largest absolute Gasteiger partial charge is 0.494 e. The van der Waals surface area contributed by atoms with Crippen LogP contribution in [0.4, 0.5) is 0 Å². The molecule has 4 rings (SSSR count). The number of benzene rings is 1. The number of halogens is 1. The van der Waals surface area contributed by atoms with Crippen molar-refractivity contribution < 1.29 is 5.11 Å². The number of rotatable bonds is 1. The third-order valence-corrected chi connectivity index (χ3v) is 4.38. The zero-order valence-electron chi connectivity index (χ0n) is 10.0. The second-order valence-corrected chi connectivity index (χ2v) is 5.71. The molecule has 2 aliphatic rings. The van der Waals surface area contributed by atoms with E-state index < -0.39 is 0 Å². The van der Waals surface area contributed by atoms with Crippen LogP contribution in [0.15, 0.2) is 12.1 Å². The summed E-state index contributed by atoms with van der Waals surface area (Å²) in [5.74, 6) is 1.01. The van der Waals surface area contributed by atoms with Crippen LogP contribution < -0.4 is 5.32 Å². The van der Waals surface area contributed by atoms with Crippen LogP contribution in [0.25, 0.3) is 10.8 Å². The molecule has 1 aromatic heterocycles. The highest BCUT2D eigenvalue weighted by atomic mass is 35.5. The average Bonchev–Trinajstić information content (AvgIpc) is 3.18. The molecule has 0 bridgehead atoms. The molecule has 2 aromatic rings. The first-order valence-electron chi connectivity index (χ1n) is 6.50. The minimum absolute atomic E-state index is 0.328. The van der Waals surface area contributed by atoms with E-state index in [4.69, 9.17) is 11.6 Å². The molecule has 4 heteroatoms. The van der Waals surface area contributed by atoms with Gasteiger partial charge in [0.2, 0.25) is 5.88 Å². The molecule has 0 amide bonds. The van der Waals surface area contributed by atoms with Crippen LogP contribution in [0.3, 0.4) is 0 Å². The minimum Gasteiger partial charge on any atom is -0.494 e. The average molecular weight is 263 g/mol. The van der Waals surface area contributed by atoms with E-state index in [1.54, 1.807) is 0 Å². The predicted molar refractivity (Wildman–Crippen MR) is 72.3 cm³/mol. The fraction of sp³-hybridized carbons (Fsp3) is 0.429. The van der Waals surface area contributed by atoms with Gasteiger partial charge in [-0.25, -0.2) is 0 Å². The standard InChI is InChI=1S/C14H15ClN2O/c15-11-6-9(8-1-2-8)5-10-12-7-16-3-4-17(12)14(18)13(10)11/h5-6,8,16,18H,1-4,7H2. The van der Waals surface area contributed by atoms with Crippen molar-refractivity contribution in [1.82, 2.24) is 9.88 Å². The van der Waals surface area contributed by atoms with E-state index in [-0.39, 0.29) is 0 Å². The first kappa shape index (κ1) is 10.7. The van der Waals surface area contributed by atoms with Gasteiger partial charge in [0.15, 0.2) is 0 Å². The summed E-state index contributed by atoms with van der Waals surface area (Å²) in [6.45, 7) is 2.51. The van der Waals surface area contributed by atoms with Crippen molar-refractivity contribution in [3.05, 3.63) is 28.4 Å². The topological polar surface area (TPSA) is 37.2 Å². The number of hydrogen-bond donors (Lipinski definition) is 2. The highest BCUT2D eigenvalue weighted by Gasteiger charge is 2.27. The van der Waals surface area contributed by atoms with Gasteiger partial charge in [-0.15, -0.1) is 0 Å². The summed E-state index contributed by atoms with van der Waals surface area (Å²) in [4.78, 5) is 0. The van der Waals surface area contributed by atoms with Gasteiger partial charge >= 0.3 is 0 Å². The Kier molecular flexibility index (Phi) is 2.17. The van der Waals surface area contributed by atoms with Gasteiger partial charge < -0.3 is 15.0 Å². The highest BCUT2D eigenvalue weighted by Crippen LogP contribution is 2.45. The SMILES string of the molecule is Oc1c2c(Cl)cc(C3CC3)cc2c2n1CCNC2. The number of fused-ring (bicyclic) bond motifs is 3. The van der Waals surface area contributed by atoms with Crippen molar-refractivity contribution in [2.75, 3.05) is 6.54 Å². The highest BCUT2D eigenvalue weighted by molar-refractivity contribution is 6.36. The number of nitrogens with one attached hydrogen (secondary N) is 1. The van der Waals surface area contributed by atoms with Crippen LogP contribution >= 0.6 is 11.6 Å². The number of aromatic hydroxyl groups is 1. The van der Waals surface area contributed by atoms with Crippen LogP contribution in [-0.2, 0) is 13.1 Å². The molecule has 1 saturated carbocycles. The van der Waals surface area contributed by atoms with Gasteiger partial charge in [0.1, 0.15) is 0 Å². The quantitative estimate of drug-likeness (QED) is 0.829. The van der Waals surface area contributed by atoms with Gasteiger partial charge in [-0.1, -0.05) is 11.6 Å². The number of aromatic nitrogens is 1. The summed E-state index contributed by atoms with van der Waals surface area (Å²) in [6, 6.07) is 4.25. The molecule has 0 radical (unpaired) electrons. The molecule has 1 aliphatic carbocycles. The molecule has 1 fully saturated rings. The molecule has 2 N–H and O–H groups in total. The summed E-state index contributed by atoms with van der Waals surface area (Å²) >= 11 is 6.37. The van der Waals surface area contributed by atoms with Crippen molar-refractivity contribution in [2.45, 2.75) is 31.8 Å². The lowest BCUT2D eigenvalue weighted by Crippen LogP contribution is -2.27. The maximum atomic E-state index is 10.3. The normalized spacial score (nSPS) is 19.2. The Hall–Kier alpha value is -1.19. The molecule has 0 unspecified atom stereocenters. The van der Waals surface area contributed by atoms with Crippen LogP contribution in [0.1, 0.15) is 30.0 Å². The first-order chi connectivity index (χ1) is 8.75. The van der Waals surface area contributed by atoms with Crippen molar-refractivity contribution in [3.63, 3.8) is 0 Å². The molecule has 3 nitrogen and oxygen atoms in total. The third-order valence-electron chi connectivity index (χ3n) is 4.08. The van der Waals surface area contributed by atoms with E-state index in [0.29, 0.717) is 16.8 Å². The Morgan fingerprint density at radius 3 is 2.94 bits per heavy atom. The molecule has 94 valence electrons. The maximum Gasteiger partial charge on any atom is 0.200 e. The van der Waals surface area contributed by atoms with Gasteiger partial charge in [-0.3, -0.25) is 0 Å². The van der Waals surface area contributed by atoms with E-state index in [9.17, 15) is 5.11 Å². The lowest BCUT2D eigenvalue weighted by Gasteiger charge is -2.17. The molecule has 1 aliphatic heterocycles. The zero-order chi connectivity index (χ0) is 12.3. The van der Waals surface area contributed by atoms with E-state index in [1.807, 2.05) is 10.6 Å². The second-order valence-electron chi connectivity index (χ2n) is 5.30. The van der Waals surface area contributed by atoms with Crippen LogP contribution in [0.2, 0.25) is 5.02 Å². The molecule has 0 spiro atoms. The summed E-state index contributed by atoms with van der Waals surface area (Å²) in [5, 5.41) is 16.3. The van der Waals surface area contributed by atoms with E-state index in [0.717, 1.165) is 36.1 Å². The zero-order valence-corrected chi connectivity index (χ0v) is 10.8. The first-order valence-corrected chi connectivity index (χ1v) is 6.87. The number of nitrogens with zero attached hydrogens (tertiary/aromatic N) is 1. The van der Waals surface area contributed by atoms with Crippen molar-refractivity contribution in [3.8, 4) is 5.88 Å². The van der Waals surface area contributed by atoms with Crippen molar-refractivity contribution >= 4 is 22.4 Å². The molecular weight excluding hydrogens is 248 g/mol. The number of hydrogen-bond acceptors (Lipinski definition) is 2. The monoisotopic (exact) mass is 262 g/mol. The summed E-state index contributed by atoms with van der Waals surface area (Å²) in [6.07, 6.45) is 2.53. The van der Waals surface area contributed by atoms with Crippen molar-refractivity contribution in [2.24, 2.45) is 0 Å². The van der Waals surface area contributed by atoms with Crippen LogP contribution in [0.5, 0.6) is 5.88 Å². The van der Waals surface area contributed by atoms with Gasteiger partial charge in [-0.05, 0) is 36.5 Å². The smallest absolute Gasteiger partial charge is 0.200 e. The lowest BCUT2D eigenvalue weighted by atomic mass is 10.1. The summed E-state index contributed by atoms with van der Waals surface area (Å²) in [5.41, 5.74) is 2.49. The fourth-order valence-corrected chi connectivity index (χ4v) is 3.28. The molecule has 18 heavy (non-hydrogen) atoms. The van der Waals surface area contributed by atoms with Crippen LogP contribution in [-0.4, -0.2) is 16.2 Å². The van der Waals surface area contributed by atoms with Gasteiger partial charge in [0.25, 0.3) is 0 Å². The van der Waals surface area contributed by atoms with Gasteiger partial charge in [-0.2, -0.15) is 0 Å². The Balaban J connectivity index is 2.04. The van der Waals surface area contributed by atoms with Gasteiger partial charge in [0.05, 0.1) is 10.4 Å².